The zero-order chi connectivity index (χ0) is 22.8. The third-order valence-electron chi connectivity index (χ3n) is 7.23. The average molecular weight is 464 g/mol. The third-order valence-corrected chi connectivity index (χ3v) is 8.54. The number of aromatic hydroxyl groups is 1. The average Bonchev–Trinajstić information content (AvgIpc) is 3.46. The van der Waals surface area contributed by atoms with Crippen molar-refractivity contribution in [2.24, 2.45) is 5.92 Å². The Hall–Kier alpha value is -2.37. The molecule has 1 saturated carbocycles. The van der Waals surface area contributed by atoms with Gasteiger partial charge in [-0.25, -0.2) is 0 Å². The van der Waals surface area contributed by atoms with E-state index in [2.05, 4.69) is 11.8 Å². The van der Waals surface area contributed by atoms with E-state index >= 15 is 0 Å². The Labute approximate surface area is 200 Å². The number of fused-ring (bicyclic) bond motifs is 1. The summed E-state index contributed by atoms with van der Waals surface area (Å²) in [6, 6.07) is 13.0. The number of carbonyl (C=O) groups is 1. The number of hydrogen-bond acceptors (Lipinski definition) is 5. The molecule has 2 atom stereocenters. The van der Waals surface area contributed by atoms with Crippen LogP contribution in [-0.2, 0) is 0 Å². The lowest BCUT2D eigenvalue weighted by atomic mass is 9.80. The molecule has 5 rings (SSSR count). The fourth-order valence-electron chi connectivity index (χ4n) is 5.44. The molecule has 0 spiro atoms. The van der Waals surface area contributed by atoms with Crippen molar-refractivity contribution in [1.29, 1.82) is 0 Å². The number of ether oxygens (including phenoxy) is 1. The molecule has 2 fully saturated rings. The van der Waals surface area contributed by atoms with E-state index in [9.17, 15) is 9.90 Å². The summed E-state index contributed by atoms with van der Waals surface area (Å²) in [5.74, 6) is 2.24. The number of hydrogen-bond donors (Lipinski definition) is 1. The summed E-state index contributed by atoms with van der Waals surface area (Å²) in [4.78, 5) is 17.4. The maximum atomic E-state index is 13.7. The van der Waals surface area contributed by atoms with E-state index in [1.807, 2.05) is 30.3 Å². The fraction of sp³-hybridized carbons (Fsp3) is 0.464. The first-order valence-electron chi connectivity index (χ1n) is 12.3. The zero-order valence-corrected chi connectivity index (χ0v) is 20.2. The molecule has 2 aromatic carbocycles. The summed E-state index contributed by atoms with van der Waals surface area (Å²) in [5, 5.41) is 11.0. The van der Waals surface area contributed by atoms with Crippen molar-refractivity contribution in [3.63, 3.8) is 0 Å². The molecule has 4 nitrogen and oxygen atoms in total. The van der Waals surface area contributed by atoms with E-state index < -0.39 is 0 Å². The molecule has 1 aliphatic carbocycles. The van der Waals surface area contributed by atoms with Gasteiger partial charge in [-0.2, -0.15) is 0 Å². The smallest absolute Gasteiger partial charge is 0.194 e. The molecule has 1 N–H and O–H groups in total. The van der Waals surface area contributed by atoms with Gasteiger partial charge in [0.2, 0.25) is 0 Å². The van der Waals surface area contributed by atoms with Crippen LogP contribution in [-0.4, -0.2) is 42.0 Å². The molecule has 1 aliphatic heterocycles. The highest BCUT2D eigenvalue weighted by Gasteiger charge is 2.29. The summed E-state index contributed by atoms with van der Waals surface area (Å²) in [5.41, 5.74) is 1.52. The molecule has 0 amide bonds. The fourth-order valence-corrected chi connectivity index (χ4v) is 6.83. The quantitative estimate of drug-likeness (QED) is 0.401. The molecule has 3 aromatic rings. The van der Waals surface area contributed by atoms with Gasteiger partial charge in [0.15, 0.2) is 5.78 Å². The Morgan fingerprint density at radius 1 is 1.09 bits per heavy atom. The van der Waals surface area contributed by atoms with Crippen molar-refractivity contribution in [3.05, 3.63) is 58.5 Å². The van der Waals surface area contributed by atoms with Crippen molar-refractivity contribution in [1.82, 2.24) is 4.90 Å². The molecule has 2 unspecified atom stereocenters. The van der Waals surface area contributed by atoms with E-state index in [0.29, 0.717) is 24.0 Å². The standard InChI is InChI=1S/C28H33NO3S/c1-19-5-4-6-21(17-19)28-26(24-12-9-22(30)18-25(24)33-28)27(31)20-7-10-23(11-8-20)32-16-15-29-13-2-3-14-29/h7-12,18-19,21,30H,2-6,13-17H2,1H3. The highest BCUT2D eigenvalue weighted by Crippen LogP contribution is 2.45. The Bertz CT molecular complexity index is 1110. The van der Waals surface area contributed by atoms with Crippen LogP contribution in [0.15, 0.2) is 42.5 Å². The largest absolute Gasteiger partial charge is 0.508 e. The number of ketones is 1. The normalized spacial score (nSPS) is 21.5. The van der Waals surface area contributed by atoms with Gasteiger partial charge >= 0.3 is 0 Å². The molecule has 174 valence electrons. The first kappa shape index (κ1) is 22.4. The van der Waals surface area contributed by atoms with Crippen molar-refractivity contribution in [3.8, 4) is 11.5 Å². The third kappa shape index (κ3) is 4.95. The predicted octanol–water partition coefficient (Wildman–Crippen LogP) is 6.61. The minimum absolute atomic E-state index is 0.0729. The van der Waals surface area contributed by atoms with Crippen molar-refractivity contribution in [2.75, 3.05) is 26.2 Å². The van der Waals surface area contributed by atoms with Gasteiger partial charge in [-0.1, -0.05) is 19.8 Å². The van der Waals surface area contributed by atoms with Gasteiger partial charge in [-0.3, -0.25) is 9.69 Å². The molecule has 1 aromatic heterocycles. The first-order valence-corrected chi connectivity index (χ1v) is 13.2. The molecule has 33 heavy (non-hydrogen) atoms. The second kappa shape index (κ2) is 9.86. The number of phenolic OH excluding ortho intramolecular Hbond substituents is 1. The van der Waals surface area contributed by atoms with Crippen LogP contribution in [0.5, 0.6) is 11.5 Å². The zero-order valence-electron chi connectivity index (χ0n) is 19.4. The van der Waals surface area contributed by atoms with Gasteiger partial charge in [-0.05, 0) is 93.1 Å². The van der Waals surface area contributed by atoms with Crippen LogP contribution in [0.3, 0.4) is 0 Å². The highest BCUT2D eigenvalue weighted by atomic mass is 32.1. The number of carbonyl (C=O) groups excluding carboxylic acids is 1. The summed E-state index contributed by atoms with van der Waals surface area (Å²) in [7, 11) is 0. The summed E-state index contributed by atoms with van der Waals surface area (Å²) in [6.45, 7) is 6.29. The van der Waals surface area contributed by atoms with Crippen LogP contribution < -0.4 is 4.74 Å². The summed E-state index contributed by atoms with van der Waals surface area (Å²) < 4.78 is 6.92. The lowest BCUT2D eigenvalue weighted by Gasteiger charge is -2.26. The number of rotatable bonds is 7. The predicted molar refractivity (Wildman–Crippen MR) is 135 cm³/mol. The van der Waals surface area contributed by atoms with Crippen LogP contribution in [0.2, 0.25) is 0 Å². The number of likely N-dealkylation sites (tertiary alicyclic amines) is 1. The van der Waals surface area contributed by atoms with Gasteiger partial charge in [0.05, 0.1) is 0 Å². The lowest BCUT2D eigenvalue weighted by Crippen LogP contribution is -2.25. The molecule has 5 heteroatoms. The number of nitrogens with zero attached hydrogens (tertiary/aromatic N) is 1. The van der Waals surface area contributed by atoms with E-state index in [-0.39, 0.29) is 11.5 Å². The Balaban J connectivity index is 1.38. The molecule has 2 aliphatic rings. The number of benzene rings is 2. The van der Waals surface area contributed by atoms with Crippen molar-refractivity contribution < 1.29 is 14.6 Å². The van der Waals surface area contributed by atoms with Crippen LogP contribution >= 0.6 is 11.3 Å². The Morgan fingerprint density at radius 2 is 1.88 bits per heavy atom. The Morgan fingerprint density at radius 3 is 2.64 bits per heavy atom. The number of phenols is 1. The Kier molecular flexibility index (Phi) is 6.70. The SMILES string of the molecule is CC1CCCC(c2sc3cc(O)ccc3c2C(=O)c2ccc(OCCN3CCCC3)cc2)C1. The molecule has 0 radical (unpaired) electrons. The lowest BCUT2D eigenvalue weighted by molar-refractivity contribution is 0.103. The van der Waals surface area contributed by atoms with Crippen molar-refractivity contribution in [2.45, 2.75) is 51.4 Å². The molecular weight excluding hydrogens is 430 g/mol. The van der Waals surface area contributed by atoms with Gasteiger partial charge in [0.1, 0.15) is 18.1 Å². The van der Waals surface area contributed by atoms with E-state index in [4.69, 9.17) is 4.74 Å². The van der Waals surface area contributed by atoms with Gasteiger partial charge in [-0.15, -0.1) is 11.3 Å². The van der Waals surface area contributed by atoms with Crippen LogP contribution in [0.4, 0.5) is 0 Å². The molecule has 1 saturated heterocycles. The second-order valence-corrected chi connectivity index (χ2v) is 10.8. The maximum Gasteiger partial charge on any atom is 0.194 e. The topological polar surface area (TPSA) is 49.8 Å². The van der Waals surface area contributed by atoms with Gasteiger partial charge in [0, 0.05) is 32.6 Å². The number of thiophene rings is 1. The van der Waals surface area contributed by atoms with E-state index in [0.717, 1.165) is 40.8 Å². The second-order valence-electron chi connectivity index (χ2n) is 9.74. The van der Waals surface area contributed by atoms with Gasteiger partial charge < -0.3 is 9.84 Å². The minimum Gasteiger partial charge on any atom is -0.508 e. The first-order chi connectivity index (χ1) is 16.1. The highest BCUT2D eigenvalue weighted by molar-refractivity contribution is 7.19. The van der Waals surface area contributed by atoms with Crippen LogP contribution in [0.1, 0.15) is 72.2 Å². The van der Waals surface area contributed by atoms with E-state index in [1.165, 1.54) is 43.6 Å². The monoisotopic (exact) mass is 463 g/mol. The van der Waals surface area contributed by atoms with Crippen LogP contribution in [0.25, 0.3) is 10.1 Å². The molecule has 0 bridgehead atoms. The summed E-state index contributed by atoms with van der Waals surface area (Å²) >= 11 is 1.69. The molecule has 2 heterocycles. The van der Waals surface area contributed by atoms with E-state index in [1.54, 1.807) is 23.5 Å². The maximum absolute atomic E-state index is 13.7. The van der Waals surface area contributed by atoms with Gasteiger partial charge in [0.25, 0.3) is 0 Å². The summed E-state index contributed by atoms with van der Waals surface area (Å²) in [6.07, 6.45) is 7.31. The molecular formula is C28H33NO3S. The van der Waals surface area contributed by atoms with Crippen LogP contribution in [0, 0.1) is 5.92 Å². The van der Waals surface area contributed by atoms with Crippen molar-refractivity contribution >= 4 is 27.2 Å². The minimum atomic E-state index is 0.0729.